The van der Waals surface area contributed by atoms with Gasteiger partial charge >= 0.3 is 0 Å². The van der Waals surface area contributed by atoms with Crippen LogP contribution in [0.15, 0.2) is 35.1 Å². The summed E-state index contributed by atoms with van der Waals surface area (Å²) in [6.07, 6.45) is 0.518. The zero-order valence-corrected chi connectivity index (χ0v) is 12.5. The second-order valence-corrected chi connectivity index (χ2v) is 4.94. The quantitative estimate of drug-likeness (QED) is 0.885. The van der Waals surface area contributed by atoms with E-state index in [1.54, 1.807) is 18.7 Å². The lowest BCUT2D eigenvalue weighted by Crippen LogP contribution is -2.36. The summed E-state index contributed by atoms with van der Waals surface area (Å²) in [6, 6.07) is 8.65. The average molecular weight is 288 g/mol. The molecule has 0 saturated heterocycles. The number of nitrogens with two attached hydrogens (primary N) is 1. The highest BCUT2D eigenvalue weighted by Crippen LogP contribution is 2.14. The summed E-state index contributed by atoms with van der Waals surface area (Å²) in [5, 5.41) is 2.64. The van der Waals surface area contributed by atoms with Crippen molar-refractivity contribution < 1.29 is 4.79 Å². The summed E-state index contributed by atoms with van der Waals surface area (Å²) in [5.74, 6) is -0.344. The largest absolute Gasteiger partial charge is 0.320 e. The Bertz CT molecular complexity index is 700. The van der Waals surface area contributed by atoms with Crippen molar-refractivity contribution in [3.63, 3.8) is 0 Å². The summed E-state index contributed by atoms with van der Waals surface area (Å²) in [5.41, 5.74) is 7.13. The van der Waals surface area contributed by atoms with Crippen LogP contribution in [0.3, 0.4) is 0 Å². The molecule has 2 aromatic rings. The molecule has 0 radical (unpaired) electrons. The van der Waals surface area contributed by atoms with Gasteiger partial charge in [0.1, 0.15) is 5.69 Å². The van der Waals surface area contributed by atoms with Crippen LogP contribution < -0.4 is 16.6 Å². The molecule has 0 saturated carbocycles. The van der Waals surface area contributed by atoms with Crippen molar-refractivity contribution in [3.8, 4) is 5.69 Å². The normalized spacial score (nSPS) is 12.2. The number of anilines is 1. The van der Waals surface area contributed by atoms with Crippen LogP contribution >= 0.6 is 0 Å². The Morgan fingerprint density at radius 1 is 1.33 bits per heavy atom. The molecular formula is C15H20N4O2. The van der Waals surface area contributed by atoms with Gasteiger partial charge in [-0.3, -0.25) is 14.3 Å². The van der Waals surface area contributed by atoms with Gasteiger partial charge in [0.25, 0.3) is 5.56 Å². The molecule has 6 nitrogen and oxygen atoms in total. The van der Waals surface area contributed by atoms with Crippen LogP contribution in [0.1, 0.15) is 19.0 Å². The van der Waals surface area contributed by atoms with E-state index in [4.69, 9.17) is 5.73 Å². The van der Waals surface area contributed by atoms with Crippen LogP contribution in [0.25, 0.3) is 5.69 Å². The van der Waals surface area contributed by atoms with Gasteiger partial charge < -0.3 is 11.1 Å². The number of hydrogen-bond acceptors (Lipinski definition) is 3. The molecule has 0 aliphatic rings. The van der Waals surface area contributed by atoms with Crippen LogP contribution in [0.4, 0.5) is 5.69 Å². The Morgan fingerprint density at radius 2 is 1.95 bits per heavy atom. The molecule has 1 aromatic carbocycles. The van der Waals surface area contributed by atoms with Crippen LogP contribution in [-0.4, -0.2) is 21.3 Å². The van der Waals surface area contributed by atoms with Crippen molar-refractivity contribution >= 4 is 11.6 Å². The zero-order chi connectivity index (χ0) is 15.6. The Hall–Kier alpha value is -2.34. The lowest BCUT2D eigenvalue weighted by atomic mass is 10.2. The fraction of sp³-hybridized carbons (Fsp3) is 0.333. The summed E-state index contributed by atoms with van der Waals surface area (Å²) < 4.78 is 3.23. The van der Waals surface area contributed by atoms with Crippen molar-refractivity contribution in [1.82, 2.24) is 9.36 Å². The molecule has 21 heavy (non-hydrogen) atoms. The lowest BCUT2D eigenvalue weighted by molar-refractivity contribution is -0.117. The summed E-state index contributed by atoms with van der Waals surface area (Å²) in [6.45, 7) is 3.61. The van der Waals surface area contributed by atoms with Gasteiger partial charge in [-0.15, -0.1) is 0 Å². The fourth-order valence-corrected chi connectivity index (χ4v) is 2.11. The molecule has 0 aliphatic carbocycles. The Kier molecular flexibility index (Phi) is 4.28. The molecule has 112 valence electrons. The van der Waals surface area contributed by atoms with Crippen LogP contribution in [-0.2, 0) is 11.8 Å². The summed E-state index contributed by atoms with van der Waals surface area (Å²) in [4.78, 5) is 24.5. The van der Waals surface area contributed by atoms with E-state index in [2.05, 4.69) is 5.32 Å². The van der Waals surface area contributed by atoms with Crippen LogP contribution in [0.2, 0.25) is 0 Å². The van der Waals surface area contributed by atoms with E-state index in [0.29, 0.717) is 12.1 Å². The highest BCUT2D eigenvalue weighted by atomic mass is 16.2. The molecule has 0 spiro atoms. The maximum Gasteiger partial charge on any atom is 0.295 e. The van der Waals surface area contributed by atoms with Gasteiger partial charge in [-0.1, -0.05) is 25.1 Å². The first-order valence-corrected chi connectivity index (χ1v) is 6.87. The molecule has 1 unspecified atom stereocenters. The number of rotatable bonds is 4. The second-order valence-electron chi connectivity index (χ2n) is 4.94. The van der Waals surface area contributed by atoms with Crippen molar-refractivity contribution in [2.75, 3.05) is 5.32 Å². The molecule has 1 amide bonds. The molecule has 1 aromatic heterocycles. The minimum Gasteiger partial charge on any atom is -0.320 e. The average Bonchev–Trinajstić information content (AvgIpc) is 2.71. The number of amides is 1. The molecule has 0 bridgehead atoms. The first-order chi connectivity index (χ1) is 9.97. The third-order valence-electron chi connectivity index (χ3n) is 3.58. The standard InChI is InChI=1S/C15H20N4O2/c1-4-12(16)14(20)17-13-10(2)18(3)19(15(13)21)11-8-6-5-7-9-11/h5-9,12H,4,16H2,1-3H3,(H,17,20). The molecule has 2 rings (SSSR count). The van der Waals surface area contributed by atoms with E-state index in [9.17, 15) is 9.59 Å². The van der Waals surface area contributed by atoms with Gasteiger partial charge in [0.15, 0.2) is 0 Å². The molecule has 3 N–H and O–H groups in total. The summed E-state index contributed by atoms with van der Waals surface area (Å²) in [7, 11) is 1.78. The number of nitrogens with one attached hydrogen (secondary N) is 1. The zero-order valence-electron chi connectivity index (χ0n) is 12.5. The molecule has 1 atom stereocenters. The maximum absolute atomic E-state index is 12.5. The number of hydrogen-bond donors (Lipinski definition) is 2. The smallest absolute Gasteiger partial charge is 0.295 e. The number of carbonyl (C=O) groups is 1. The monoisotopic (exact) mass is 288 g/mol. The highest BCUT2D eigenvalue weighted by Gasteiger charge is 2.20. The SMILES string of the molecule is CCC(N)C(=O)Nc1c(C)n(C)n(-c2ccccc2)c1=O. The molecule has 0 fully saturated rings. The van der Waals surface area contributed by atoms with Crippen molar-refractivity contribution in [1.29, 1.82) is 0 Å². The van der Waals surface area contributed by atoms with E-state index in [-0.39, 0.29) is 17.2 Å². The van der Waals surface area contributed by atoms with Gasteiger partial charge in [-0.25, -0.2) is 4.68 Å². The molecular weight excluding hydrogens is 268 g/mol. The number of carbonyl (C=O) groups excluding carboxylic acids is 1. The first kappa shape index (κ1) is 15.1. The van der Waals surface area contributed by atoms with Crippen molar-refractivity contribution in [2.24, 2.45) is 12.8 Å². The third kappa shape index (κ3) is 2.75. The van der Waals surface area contributed by atoms with E-state index in [0.717, 1.165) is 5.69 Å². The third-order valence-corrected chi connectivity index (χ3v) is 3.58. The number of nitrogens with zero attached hydrogens (tertiary/aromatic N) is 2. The predicted molar refractivity (Wildman–Crippen MR) is 82.6 cm³/mol. The number of aromatic nitrogens is 2. The summed E-state index contributed by atoms with van der Waals surface area (Å²) >= 11 is 0. The molecule has 0 aliphatic heterocycles. The van der Waals surface area contributed by atoms with Crippen LogP contribution in [0, 0.1) is 6.92 Å². The van der Waals surface area contributed by atoms with Crippen molar-refractivity contribution in [2.45, 2.75) is 26.3 Å². The topological polar surface area (TPSA) is 82.1 Å². The molecule has 6 heteroatoms. The Balaban J connectivity index is 2.47. The van der Waals surface area contributed by atoms with Gasteiger partial charge in [0.2, 0.25) is 5.91 Å². The predicted octanol–water partition coefficient (Wildman–Crippen LogP) is 1.16. The molecule has 1 heterocycles. The van der Waals surface area contributed by atoms with E-state index in [1.165, 1.54) is 4.68 Å². The van der Waals surface area contributed by atoms with Crippen molar-refractivity contribution in [3.05, 3.63) is 46.4 Å². The van der Waals surface area contributed by atoms with E-state index in [1.807, 2.05) is 37.3 Å². The Labute approximate surface area is 123 Å². The number of benzene rings is 1. The van der Waals surface area contributed by atoms with E-state index >= 15 is 0 Å². The minimum atomic E-state index is -0.616. The lowest BCUT2D eigenvalue weighted by Gasteiger charge is -2.08. The Morgan fingerprint density at radius 3 is 2.52 bits per heavy atom. The van der Waals surface area contributed by atoms with Gasteiger partial charge in [0, 0.05) is 7.05 Å². The van der Waals surface area contributed by atoms with Gasteiger partial charge in [0.05, 0.1) is 17.4 Å². The van der Waals surface area contributed by atoms with Gasteiger partial charge in [-0.05, 0) is 25.5 Å². The first-order valence-electron chi connectivity index (χ1n) is 6.87. The van der Waals surface area contributed by atoms with Crippen LogP contribution in [0.5, 0.6) is 0 Å². The maximum atomic E-state index is 12.5. The number of para-hydroxylation sites is 1. The van der Waals surface area contributed by atoms with E-state index < -0.39 is 6.04 Å². The highest BCUT2D eigenvalue weighted by molar-refractivity contribution is 5.95. The second kappa shape index (κ2) is 5.97. The minimum absolute atomic E-state index is 0.266. The fourth-order valence-electron chi connectivity index (χ4n) is 2.11. The van der Waals surface area contributed by atoms with Gasteiger partial charge in [-0.2, -0.15) is 0 Å².